The first-order valence-corrected chi connectivity index (χ1v) is 8.01. The molecular formula is C17H29IN4O. The summed E-state index contributed by atoms with van der Waals surface area (Å²) in [6.45, 7) is 2.98. The Kier molecular flexibility index (Phi) is 9.31. The Hall–Kier alpha value is -1.02. The number of hydrogen-bond donors (Lipinski definition) is 2. The van der Waals surface area contributed by atoms with Crippen LogP contribution in [-0.2, 0) is 6.42 Å². The first-order valence-electron chi connectivity index (χ1n) is 8.01. The van der Waals surface area contributed by atoms with Crippen LogP contribution >= 0.6 is 24.0 Å². The highest BCUT2D eigenvalue weighted by Crippen LogP contribution is 2.17. The second-order valence-corrected chi connectivity index (χ2v) is 5.72. The number of aliphatic imine (C=N–C) groups is 1. The summed E-state index contributed by atoms with van der Waals surface area (Å²) >= 11 is 0. The number of para-hydroxylation sites is 1. The van der Waals surface area contributed by atoms with Gasteiger partial charge in [-0.15, -0.1) is 24.0 Å². The van der Waals surface area contributed by atoms with Crippen LogP contribution < -0.4 is 15.4 Å². The molecule has 23 heavy (non-hydrogen) atoms. The van der Waals surface area contributed by atoms with E-state index in [0.29, 0.717) is 6.04 Å². The SMILES string of the molecule is CN=C(NCCc1ccccc1OC)NCC1CCCN1C.I. The Morgan fingerprint density at radius 1 is 1.35 bits per heavy atom. The van der Waals surface area contributed by atoms with Crippen LogP contribution in [0, 0.1) is 0 Å². The molecule has 0 aromatic heterocycles. The highest BCUT2D eigenvalue weighted by atomic mass is 127. The van der Waals surface area contributed by atoms with Crippen molar-refractivity contribution >= 4 is 29.9 Å². The number of likely N-dealkylation sites (tertiary alicyclic amines) is 1. The zero-order valence-corrected chi connectivity index (χ0v) is 16.7. The van der Waals surface area contributed by atoms with E-state index in [0.717, 1.165) is 31.2 Å². The number of likely N-dealkylation sites (N-methyl/N-ethyl adjacent to an activating group) is 1. The zero-order chi connectivity index (χ0) is 15.8. The monoisotopic (exact) mass is 432 g/mol. The van der Waals surface area contributed by atoms with Gasteiger partial charge in [0.05, 0.1) is 7.11 Å². The van der Waals surface area contributed by atoms with Gasteiger partial charge in [0.25, 0.3) is 0 Å². The first kappa shape index (κ1) is 20.0. The van der Waals surface area contributed by atoms with Crippen LogP contribution in [-0.4, -0.2) is 57.7 Å². The molecule has 130 valence electrons. The molecule has 1 aromatic carbocycles. The number of methoxy groups -OCH3 is 1. The zero-order valence-electron chi connectivity index (χ0n) is 14.3. The normalized spacial score (nSPS) is 18.4. The van der Waals surface area contributed by atoms with Crippen molar-refractivity contribution in [1.82, 2.24) is 15.5 Å². The second-order valence-electron chi connectivity index (χ2n) is 5.72. The Morgan fingerprint density at radius 2 is 2.13 bits per heavy atom. The van der Waals surface area contributed by atoms with Gasteiger partial charge in [-0.2, -0.15) is 0 Å². The molecule has 0 bridgehead atoms. The molecule has 0 aliphatic carbocycles. The maximum atomic E-state index is 5.38. The van der Waals surface area contributed by atoms with Crippen molar-refractivity contribution in [3.8, 4) is 5.75 Å². The quantitative estimate of drug-likeness (QED) is 0.411. The van der Waals surface area contributed by atoms with Crippen molar-refractivity contribution in [2.75, 3.05) is 40.8 Å². The van der Waals surface area contributed by atoms with Crippen molar-refractivity contribution in [2.24, 2.45) is 4.99 Å². The number of ether oxygens (including phenoxy) is 1. The summed E-state index contributed by atoms with van der Waals surface area (Å²) in [5.41, 5.74) is 1.21. The van der Waals surface area contributed by atoms with Crippen LogP contribution in [0.25, 0.3) is 0 Å². The number of benzene rings is 1. The van der Waals surface area contributed by atoms with Gasteiger partial charge in [0.1, 0.15) is 5.75 Å². The number of halogens is 1. The Balaban J connectivity index is 0.00000264. The average molecular weight is 432 g/mol. The van der Waals surface area contributed by atoms with Crippen molar-refractivity contribution in [3.63, 3.8) is 0 Å². The maximum Gasteiger partial charge on any atom is 0.191 e. The van der Waals surface area contributed by atoms with E-state index in [9.17, 15) is 0 Å². The fourth-order valence-electron chi connectivity index (χ4n) is 2.90. The summed E-state index contributed by atoms with van der Waals surface area (Å²) in [7, 11) is 5.72. The third kappa shape index (κ3) is 6.18. The minimum atomic E-state index is 0. The fraction of sp³-hybridized carbons (Fsp3) is 0.588. The van der Waals surface area contributed by atoms with E-state index in [1.807, 2.05) is 25.2 Å². The second kappa shape index (κ2) is 10.7. The molecular weight excluding hydrogens is 403 g/mol. The topological polar surface area (TPSA) is 48.9 Å². The molecule has 5 nitrogen and oxygen atoms in total. The largest absolute Gasteiger partial charge is 0.496 e. The summed E-state index contributed by atoms with van der Waals surface area (Å²) in [6, 6.07) is 8.75. The summed E-state index contributed by atoms with van der Waals surface area (Å²) < 4.78 is 5.38. The van der Waals surface area contributed by atoms with Crippen LogP contribution in [0.15, 0.2) is 29.3 Å². The molecule has 6 heteroatoms. The lowest BCUT2D eigenvalue weighted by molar-refractivity contribution is 0.309. The molecule has 1 aliphatic heterocycles. The van der Waals surface area contributed by atoms with Gasteiger partial charge in [-0.1, -0.05) is 18.2 Å². The van der Waals surface area contributed by atoms with E-state index in [2.05, 4.69) is 33.6 Å². The third-order valence-corrected chi connectivity index (χ3v) is 4.28. The molecule has 1 aromatic rings. The van der Waals surface area contributed by atoms with E-state index in [-0.39, 0.29) is 24.0 Å². The molecule has 1 heterocycles. The molecule has 2 N–H and O–H groups in total. The molecule has 1 fully saturated rings. The highest BCUT2D eigenvalue weighted by Gasteiger charge is 2.20. The number of nitrogens with one attached hydrogen (secondary N) is 2. The lowest BCUT2D eigenvalue weighted by Gasteiger charge is -2.21. The van der Waals surface area contributed by atoms with Crippen LogP contribution in [0.1, 0.15) is 18.4 Å². The number of guanidine groups is 1. The Labute approximate surface area is 156 Å². The van der Waals surface area contributed by atoms with Gasteiger partial charge in [-0.3, -0.25) is 4.99 Å². The molecule has 1 aliphatic rings. The molecule has 2 rings (SSSR count). The van der Waals surface area contributed by atoms with E-state index in [1.165, 1.54) is 24.9 Å². The molecule has 0 radical (unpaired) electrons. The minimum absolute atomic E-state index is 0. The van der Waals surface area contributed by atoms with E-state index >= 15 is 0 Å². The number of nitrogens with zero attached hydrogens (tertiary/aromatic N) is 2. The van der Waals surface area contributed by atoms with Gasteiger partial charge in [0, 0.05) is 26.2 Å². The van der Waals surface area contributed by atoms with Crippen LogP contribution in [0.5, 0.6) is 5.75 Å². The van der Waals surface area contributed by atoms with Gasteiger partial charge in [0.2, 0.25) is 0 Å². The summed E-state index contributed by atoms with van der Waals surface area (Å²) in [5.74, 6) is 1.81. The van der Waals surface area contributed by atoms with E-state index in [1.54, 1.807) is 7.11 Å². The predicted octanol–water partition coefficient (Wildman–Crippen LogP) is 2.11. The third-order valence-electron chi connectivity index (χ3n) is 4.28. The summed E-state index contributed by atoms with van der Waals surface area (Å²) in [4.78, 5) is 6.70. The smallest absolute Gasteiger partial charge is 0.191 e. The summed E-state index contributed by atoms with van der Waals surface area (Å²) in [6.07, 6.45) is 3.47. The van der Waals surface area contributed by atoms with Gasteiger partial charge < -0.3 is 20.3 Å². The lowest BCUT2D eigenvalue weighted by atomic mass is 10.1. The highest BCUT2D eigenvalue weighted by molar-refractivity contribution is 14.0. The Bertz CT molecular complexity index is 495. The average Bonchev–Trinajstić information content (AvgIpc) is 2.96. The molecule has 0 saturated carbocycles. The number of hydrogen-bond acceptors (Lipinski definition) is 3. The molecule has 1 atom stereocenters. The van der Waals surface area contributed by atoms with E-state index < -0.39 is 0 Å². The predicted molar refractivity (Wildman–Crippen MR) is 107 cm³/mol. The Morgan fingerprint density at radius 3 is 2.78 bits per heavy atom. The summed E-state index contributed by atoms with van der Waals surface area (Å²) in [5, 5.41) is 6.80. The fourth-order valence-corrected chi connectivity index (χ4v) is 2.90. The number of rotatable bonds is 6. The van der Waals surface area contributed by atoms with Gasteiger partial charge in [-0.25, -0.2) is 0 Å². The van der Waals surface area contributed by atoms with Gasteiger partial charge >= 0.3 is 0 Å². The molecule has 0 spiro atoms. The maximum absolute atomic E-state index is 5.38. The van der Waals surface area contributed by atoms with E-state index in [4.69, 9.17) is 4.74 Å². The van der Waals surface area contributed by atoms with Crippen molar-refractivity contribution in [3.05, 3.63) is 29.8 Å². The first-order chi connectivity index (χ1) is 10.7. The van der Waals surface area contributed by atoms with Gasteiger partial charge in [-0.05, 0) is 44.5 Å². The van der Waals surface area contributed by atoms with Crippen LogP contribution in [0.2, 0.25) is 0 Å². The van der Waals surface area contributed by atoms with Crippen molar-refractivity contribution < 1.29 is 4.74 Å². The molecule has 0 amide bonds. The minimum Gasteiger partial charge on any atom is -0.496 e. The van der Waals surface area contributed by atoms with Crippen molar-refractivity contribution in [1.29, 1.82) is 0 Å². The lowest BCUT2D eigenvalue weighted by Crippen LogP contribution is -2.44. The standard InChI is InChI=1S/C17H28N4O.HI/c1-18-17(20-13-15-8-6-12-21(15)2)19-11-10-14-7-4-5-9-16(14)22-3;/h4-5,7,9,15H,6,8,10-13H2,1-3H3,(H2,18,19,20);1H. The van der Waals surface area contributed by atoms with Gasteiger partial charge in [0.15, 0.2) is 5.96 Å². The van der Waals surface area contributed by atoms with Crippen LogP contribution in [0.3, 0.4) is 0 Å². The molecule has 1 saturated heterocycles. The van der Waals surface area contributed by atoms with Crippen molar-refractivity contribution in [2.45, 2.75) is 25.3 Å². The molecule has 1 unspecified atom stereocenters. The van der Waals surface area contributed by atoms with Crippen LogP contribution in [0.4, 0.5) is 0 Å².